The second-order valence-corrected chi connectivity index (χ2v) is 6.23. The Kier molecular flexibility index (Phi) is 6.16. The van der Waals surface area contributed by atoms with Crippen molar-refractivity contribution in [2.24, 2.45) is 5.92 Å². The maximum absolute atomic E-state index is 12.2. The molecule has 0 aliphatic carbocycles. The van der Waals surface area contributed by atoms with Crippen LogP contribution in [-0.2, 0) is 27.5 Å². The van der Waals surface area contributed by atoms with E-state index in [2.05, 4.69) is 5.32 Å². The van der Waals surface area contributed by atoms with E-state index in [9.17, 15) is 9.59 Å². The molecular weight excluding hydrogens is 292 g/mol. The number of rotatable bonds is 7. The summed E-state index contributed by atoms with van der Waals surface area (Å²) in [6.45, 7) is 8.24. The van der Waals surface area contributed by atoms with Gasteiger partial charge in [-0.3, -0.25) is 9.59 Å². The first-order valence-electron chi connectivity index (χ1n) is 8.24. The van der Waals surface area contributed by atoms with Crippen molar-refractivity contribution in [1.82, 2.24) is 10.2 Å². The first kappa shape index (κ1) is 17.5. The molecule has 23 heavy (non-hydrogen) atoms. The average Bonchev–Trinajstić information content (AvgIpc) is 2.92. The van der Waals surface area contributed by atoms with E-state index in [4.69, 9.17) is 4.74 Å². The Morgan fingerprint density at radius 1 is 1.30 bits per heavy atom. The molecule has 5 heteroatoms. The molecule has 1 N–H and O–H groups in total. The van der Waals surface area contributed by atoms with Gasteiger partial charge < -0.3 is 15.0 Å². The molecule has 1 fully saturated rings. The van der Waals surface area contributed by atoms with Crippen molar-refractivity contribution in [3.63, 3.8) is 0 Å². The molecule has 0 spiro atoms. The van der Waals surface area contributed by atoms with E-state index in [1.165, 1.54) is 0 Å². The molecule has 126 valence electrons. The number of ether oxygens (including phenoxy) is 1. The molecule has 0 aromatic heterocycles. The molecule has 1 aromatic rings. The van der Waals surface area contributed by atoms with Crippen LogP contribution in [0.2, 0.25) is 0 Å². The number of likely N-dealkylation sites (tertiary alicyclic amines) is 1. The maximum Gasteiger partial charge on any atom is 0.225 e. The number of hydrogen-bond donors (Lipinski definition) is 1. The molecule has 1 aliphatic heterocycles. The molecule has 2 amide bonds. The van der Waals surface area contributed by atoms with Gasteiger partial charge in [0.2, 0.25) is 11.8 Å². The monoisotopic (exact) mass is 318 g/mol. The number of hydrogen-bond acceptors (Lipinski definition) is 3. The number of amides is 2. The fourth-order valence-electron chi connectivity index (χ4n) is 2.60. The predicted octanol–water partition coefficient (Wildman–Crippen LogP) is 2.10. The molecule has 1 atom stereocenters. The van der Waals surface area contributed by atoms with Gasteiger partial charge in [0, 0.05) is 26.1 Å². The zero-order valence-electron chi connectivity index (χ0n) is 14.2. The first-order chi connectivity index (χ1) is 11.0. The largest absolute Gasteiger partial charge is 0.374 e. The Balaban J connectivity index is 1.79. The summed E-state index contributed by atoms with van der Waals surface area (Å²) in [7, 11) is 0. The predicted molar refractivity (Wildman–Crippen MR) is 88.6 cm³/mol. The van der Waals surface area contributed by atoms with Gasteiger partial charge >= 0.3 is 0 Å². The number of benzene rings is 1. The molecule has 1 aromatic carbocycles. The van der Waals surface area contributed by atoms with Gasteiger partial charge in [-0.05, 0) is 31.9 Å². The van der Waals surface area contributed by atoms with Crippen LogP contribution in [0.3, 0.4) is 0 Å². The highest BCUT2D eigenvalue weighted by Crippen LogP contribution is 2.17. The number of nitrogens with zero attached hydrogens (tertiary/aromatic N) is 1. The Hall–Kier alpha value is -1.88. The highest BCUT2D eigenvalue weighted by molar-refractivity contribution is 5.89. The Morgan fingerprint density at radius 2 is 1.96 bits per heavy atom. The van der Waals surface area contributed by atoms with Gasteiger partial charge in [0.15, 0.2) is 0 Å². The van der Waals surface area contributed by atoms with E-state index in [-0.39, 0.29) is 23.8 Å². The normalized spacial score (nSPS) is 17.8. The lowest BCUT2D eigenvalue weighted by atomic mass is 10.1. The standard InChI is InChI=1S/C18H26N2O3/c1-4-20-11-16(9-17(20)21)18(22)19-10-14-5-7-15(8-6-14)12-23-13(2)3/h5-8,13,16H,4,9-12H2,1-3H3,(H,19,22). The minimum absolute atomic E-state index is 0.0403. The first-order valence-corrected chi connectivity index (χ1v) is 8.24. The molecule has 0 bridgehead atoms. The van der Waals surface area contributed by atoms with Crippen LogP contribution in [0.25, 0.3) is 0 Å². The van der Waals surface area contributed by atoms with Crippen LogP contribution < -0.4 is 5.32 Å². The van der Waals surface area contributed by atoms with E-state index in [0.717, 1.165) is 11.1 Å². The molecule has 0 saturated carbocycles. The van der Waals surface area contributed by atoms with Crippen LogP contribution in [0.1, 0.15) is 38.3 Å². The van der Waals surface area contributed by atoms with E-state index in [1.54, 1.807) is 4.90 Å². The summed E-state index contributed by atoms with van der Waals surface area (Å²) in [6, 6.07) is 8.03. The Bertz CT molecular complexity index is 540. The molecule has 2 rings (SSSR count). The quantitative estimate of drug-likeness (QED) is 0.837. The average molecular weight is 318 g/mol. The molecular formula is C18H26N2O3. The summed E-state index contributed by atoms with van der Waals surface area (Å²) in [5, 5.41) is 2.93. The molecule has 1 saturated heterocycles. The van der Waals surface area contributed by atoms with Gasteiger partial charge in [-0.25, -0.2) is 0 Å². The van der Waals surface area contributed by atoms with E-state index in [1.807, 2.05) is 45.0 Å². The van der Waals surface area contributed by atoms with Gasteiger partial charge in [-0.15, -0.1) is 0 Å². The van der Waals surface area contributed by atoms with Crippen LogP contribution >= 0.6 is 0 Å². The van der Waals surface area contributed by atoms with Gasteiger partial charge in [-0.1, -0.05) is 24.3 Å². The smallest absolute Gasteiger partial charge is 0.225 e. The van der Waals surface area contributed by atoms with Gasteiger partial charge in [0.25, 0.3) is 0 Å². The van der Waals surface area contributed by atoms with Crippen molar-refractivity contribution in [3.8, 4) is 0 Å². The third-order valence-corrected chi connectivity index (χ3v) is 4.04. The topological polar surface area (TPSA) is 58.6 Å². The highest BCUT2D eigenvalue weighted by atomic mass is 16.5. The number of carbonyl (C=O) groups is 2. The minimum atomic E-state index is -0.221. The summed E-state index contributed by atoms with van der Waals surface area (Å²) in [5.41, 5.74) is 2.16. The van der Waals surface area contributed by atoms with Crippen LogP contribution in [0.4, 0.5) is 0 Å². The van der Waals surface area contributed by atoms with Gasteiger partial charge in [-0.2, -0.15) is 0 Å². The van der Waals surface area contributed by atoms with Crippen LogP contribution in [0.5, 0.6) is 0 Å². The maximum atomic E-state index is 12.2. The number of carbonyl (C=O) groups excluding carboxylic acids is 2. The summed E-state index contributed by atoms with van der Waals surface area (Å²) in [5.74, 6) is -0.190. The Labute approximate surface area is 138 Å². The van der Waals surface area contributed by atoms with Gasteiger partial charge in [0.05, 0.1) is 18.6 Å². The van der Waals surface area contributed by atoms with Crippen LogP contribution in [-0.4, -0.2) is 35.9 Å². The highest BCUT2D eigenvalue weighted by Gasteiger charge is 2.33. The second-order valence-electron chi connectivity index (χ2n) is 6.23. The Morgan fingerprint density at radius 3 is 2.52 bits per heavy atom. The molecule has 1 aliphatic rings. The van der Waals surface area contributed by atoms with Crippen molar-refractivity contribution in [1.29, 1.82) is 0 Å². The lowest BCUT2D eigenvalue weighted by Gasteiger charge is -2.14. The molecule has 5 nitrogen and oxygen atoms in total. The molecule has 0 radical (unpaired) electrons. The van der Waals surface area contributed by atoms with Crippen molar-refractivity contribution < 1.29 is 14.3 Å². The van der Waals surface area contributed by atoms with Crippen molar-refractivity contribution in [3.05, 3.63) is 35.4 Å². The fraction of sp³-hybridized carbons (Fsp3) is 0.556. The lowest BCUT2D eigenvalue weighted by molar-refractivity contribution is -0.128. The van der Waals surface area contributed by atoms with E-state index in [0.29, 0.717) is 32.7 Å². The number of nitrogens with one attached hydrogen (secondary N) is 1. The lowest BCUT2D eigenvalue weighted by Crippen LogP contribution is -2.32. The van der Waals surface area contributed by atoms with E-state index < -0.39 is 0 Å². The third-order valence-electron chi connectivity index (χ3n) is 4.04. The van der Waals surface area contributed by atoms with E-state index >= 15 is 0 Å². The second kappa shape index (κ2) is 8.11. The van der Waals surface area contributed by atoms with Crippen molar-refractivity contribution >= 4 is 11.8 Å². The molecule has 1 heterocycles. The summed E-state index contributed by atoms with van der Waals surface area (Å²) in [6.07, 6.45) is 0.538. The van der Waals surface area contributed by atoms with Crippen molar-refractivity contribution in [2.45, 2.75) is 46.4 Å². The minimum Gasteiger partial charge on any atom is -0.374 e. The zero-order chi connectivity index (χ0) is 16.8. The molecule has 1 unspecified atom stereocenters. The van der Waals surface area contributed by atoms with Crippen molar-refractivity contribution in [2.75, 3.05) is 13.1 Å². The fourth-order valence-corrected chi connectivity index (χ4v) is 2.60. The summed E-state index contributed by atoms with van der Waals surface area (Å²) < 4.78 is 5.56. The summed E-state index contributed by atoms with van der Waals surface area (Å²) >= 11 is 0. The zero-order valence-corrected chi connectivity index (χ0v) is 14.2. The summed E-state index contributed by atoms with van der Waals surface area (Å²) in [4.78, 5) is 25.6. The van der Waals surface area contributed by atoms with Crippen LogP contribution in [0.15, 0.2) is 24.3 Å². The van der Waals surface area contributed by atoms with Crippen LogP contribution in [0, 0.1) is 5.92 Å². The third kappa shape index (κ3) is 5.06. The SMILES string of the molecule is CCN1CC(C(=O)NCc2ccc(COC(C)C)cc2)CC1=O. The van der Waals surface area contributed by atoms with Gasteiger partial charge in [0.1, 0.15) is 0 Å².